The van der Waals surface area contributed by atoms with Crippen molar-refractivity contribution in [3.8, 4) is 56.1 Å². The summed E-state index contributed by atoms with van der Waals surface area (Å²) in [6.07, 6.45) is 3.98. The summed E-state index contributed by atoms with van der Waals surface area (Å²) in [5.74, 6) is 0. The Labute approximate surface area is 405 Å². The van der Waals surface area contributed by atoms with Crippen LogP contribution in [0.2, 0.25) is 0 Å². The van der Waals surface area contributed by atoms with Crippen molar-refractivity contribution in [3.05, 3.63) is 231 Å². The van der Waals surface area contributed by atoms with Crippen molar-refractivity contribution in [2.75, 3.05) is 0 Å². The molecule has 0 aliphatic carbocycles. The molecule has 0 fully saturated rings. The third-order valence-electron chi connectivity index (χ3n) is 16.6. The van der Waals surface area contributed by atoms with E-state index >= 15 is 0 Å². The molecule has 322 valence electrons. The van der Waals surface area contributed by atoms with Gasteiger partial charge in [-0.05, 0) is 88.0 Å². The number of aromatic nitrogens is 4. The van der Waals surface area contributed by atoms with Crippen LogP contribution in [-0.2, 0) is 0 Å². The predicted octanol–water partition coefficient (Wildman–Crippen LogP) is 9.35. The Balaban J connectivity index is 0.861. The van der Waals surface area contributed by atoms with Crippen LogP contribution >= 0.6 is 0 Å². The van der Waals surface area contributed by atoms with E-state index < -0.39 is 16.1 Å². The Morgan fingerprint density at radius 2 is 0.629 bits per heavy atom. The van der Waals surface area contributed by atoms with Gasteiger partial charge in [0.25, 0.3) is 0 Å². The number of hydrogen-bond donors (Lipinski definition) is 0. The van der Waals surface area contributed by atoms with E-state index in [2.05, 4.69) is 228 Å². The third kappa shape index (κ3) is 4.27. The lowest BCUT2D eigenvalue weighted by molar-refractivity contribution is 1.17. The Morgan fingerprint density at radius 3 is 1.03 bits per heavy atom. The van der Waals surface area contributed by atoms with Crippen LogP contribution in [0.4, 0.5) is 0 Å². The van der Waals surface area contributed by atoms with Crippen LogP contribution in [0.1, 0.15) is 0 Å². The molecule has 3 aromatic heterocycles. The number of para-hydroxylation sites is 4. The number of hydrogen-bond acceptors (Lipinski definition) is 2. The zero-order chi connectivity index (χ0) is 45.5. The fraction of sp³-hybridized carbons (Fsp3) is 0. The second-order valence-corrected chi connectivity index (χ2v) is 26.9. The third-order valence-corrected chi connectivity index (χ3v) is 26.5. The minimum Gasteiger partial charge on any atom is -0.309 e. The summed E-state index contributed by atoms with van der Waals surface area (Å²) >= 11 is 0. The van der Waals surface area contributed by atoms with E-state index in [4.69, 9.17) is 9.97 Å². The van der Waals surface area contributed by atoms with E-state index in [0.29, 0.717) is 0 Å². The Bertz CT molecular complexity index is 4120. The van der Waals surface area contributed by atoms with Gasteiger partial charge in [0, 0.05) is 44.0 Å². The molecule has 0 bridgehead atoms. The smallest absolute Gasteiger partial charge is 0.185 e. The number of nitrogens with zero attached hydrogens (tertiary/aromatic N) is 4. The summed E-state index contributed by atoms with van der Waals surface area (Å²) in [6.45, 7) is 0. The maximum Gasteiger partial charge on any atom is 0.185 e. The minimum absolute atomic E-state index is 0.858. The van der Waals surface area contributed by atoms with Gasteiger partial charge in [-0.25, -0.2) is 0 Å². The van der Waals surface area contributed by atoms with Crippen LogP contribution in [0.5, 0.6) is 0 Å². The lowest BCUT2D eigenvalue weighted by Gasteiger charge is -2.38. The number of benzene rings is 10. The van der Waals surface area contributed by atoms with Crippen molar-refractivity contribution >= 4 is 101 Å². The molecule has 0 atom stereocenters. The van der Waals surface area contributed by atoms with Gasteiger partial charge in [-0.15, -0.1) is 0 Å². The largest absolute Gasteiger partial charge is 0.309 e. The van der Waals surface area contributed by atoms with Crippen molar-refractivity contribution in [2.24, 2.45) is 0 Å². The van der Waals surface area contributed by atoms with Gasteiger partial charge in [0.05, 0.1) is 45.8 Å². The number of rotatable bonds is 2. The molecular weight excluding hydrogens is 881 g/mol. The van der Waals surface area contributed by atoms with E-state index in [0.717, 1.165) is 22.5 Å². The van der Waals surface area contributed by atoms with Crippen LogP contribution in [0.25, 0.3) is 99.8 Å². The first-order valence-corrected chi connectivity index (χ1v) is 28.3. The molecule has 0 N–H and O–H groups in total. The minimum atomic E-state index is -2.74. The van der Waals surface area contributed by atoms with Gasteiger partial charge in [0.1, 0.15) is 0 Å². The Hall–Kier alpha value is -8.69. The van der Waals surface area contributed by atoms with Crippen LogP contribution in [-0.4, -0.2) is 35.2 Å². The highest BCUT2D eigenvalue weighted by Gasteiger charge is 2.54. The normalized spacial score (nSPS) is 14.5. The van der Waals surface area contributed by atoms with Gasteiger partial charge in [-0.1, -0.05) is 194 Å². The molecule has 0 unspecified atom stereocenters. The molecule has 7 heterocycles. The predicted molar refractivity (Wildman–Crippen MR) is 294 cm³/mol. The zero-order valence-corrected chi connectivity index (χ0v) is 39.7. The van der Waals surface area contributed by atoms with E-state index in [-0.39, 0.29) is 0 Å². The number of fused-ring (bicyclic) bond motifs is 24. The summed E-state index contributed by atoms with van der Waals surface area (Å²) < 4.78 is 5.10. The molecule has 2 spiro atoms. The lowest BCUT2D eigenvalue weighted by atomic mass is 10.1. The summed E-state index contributed by atoms with van der Waals surface area (Å²) in [4.78, 5) is 10.6. The first kappa shape index (κ1) is 37.3. The molecular formula is C64H38N4Si2. The monoisotopic (exact) mass is 918 g/mol. The summed E-state index contributed by atoms with van der Waals surface area (Å²) in [5, 5.41) is 16.8. The zero-order valence-electron chi connectivity index (χ0n) is 37.7. The maximum absolute atomic E-state index is 5.28. The standard InChI is InChI=1S/C64H38N4Si2/c1-7-23-51-41(15-1)47-21-13-29-61-63(47)67(51)53-35-39(31-33-59(53)69(61)55-25-9-3-17-43(55)44-18-4-10-26-56(44)69)49-37-66-50(38-65-49)40-32-34-60-54(36-40)68-52-24-8-2-16-42(52)48-22-14-30-62(64(48)68)70(60)57-27-11-5-19-45(57)46-20-6-12-28-58(46)70/h1-38H. The van der Waals surface area contributed by atoms with Gasteiger partial charge in [-0.2, -0.15) is 0 Å². The van der Waals surface area contributed by atoms with E-state index in [9.17, 15) is 0 Å². The SMILES string of the molecule is c1ccc2c(c1)-c1ccccc1[Si]21c2ccc(-c3cnc(-c4ccc5c(c4)-n4c6ccccc6c6cccc(c64)[Si]54c5ccccc5-c5ccccc54)cn3)cc2-n2c3ccccc3c3cccc1c32. The molecule has 4 nitrogen and oxygen atoms in total. The molecule has 10 aromatic carbocycles. The Kier molecular flexibility index (Phi) is 6.98. The van der Waals surface area contributed by atoms with Gasteiger partial charge in [-0.3, -0.25) is 9.97 Å². The molecule has 17 rings (SSSR count). The molecule has 13 aromatic rings. The molecule has 0 saturated heterocycles. The van der Waals surface area contributed by atoms with Crippen LogP contribution in [0.15, 0.2) is 231 Å². The van der Waals surface area contributed by atoms with Gasteiger partial charge >= 0.3 is 0 Å². The molecule has 0 amide bonds. The summed E-state index contributed by atoms with van der Waals surface area (Å²) in [6, 6.07) is 83.0. The quantitative estimate of drug-likeness (QED) is 0.162. The second-order valence-electron chi connectivity index (χ2n) is 19.5. The van der Waals surface area contributed by atoms with Crippen molar-refractivity contribution in [1.29, 1.82) is 0 Å². The van der Waals surface area contributed by atoms with E-state index in [1.807, 2.05) is 12.4 Å². The van der Waals surface area contributed by atoms with Crippen molar-refractivity contribution in [2.45, 2.75) is 0 Å². The van der Waals surface area contributed by atoms with Crippen LogP contribution in [0, 0.1) is 0 Å². The van der Waals surface area contributed by atoms with Gasteiger partial charge < -0.3 is 9.13 Å². The molecule has 4 aliphatic heterocycles. The van der Waals surface area contributed by atoms with E-state index in [1.54, 1.807) is 0 Å². The molecule has 0 saturated carbocycles. The highest BCUT2D eigenvalue weighted by Crippen LogP contribution is 2.42. The fourth-order valence-corrected chi connectivity index (χ4v) is 25.1. The average Bonchev–Trinajstić information content (AvgIpc) is 4.14. The van der Waals surface area contributed by atoms with Crippen molar-refractivity contribution in [3.63, 3.8) is 0 Å². The van der Waals surface area contributed by atoms with Gasteiger partial charge in [0.2, 0.25) is 0 Å². The Morgan fingerprint density at radius 1 is 0.286 bits per heavy atom. The maximum atomic E-state index is 5.28. The average molecular weight is 919 g/mol. The highest BCUT2D eigenvalue weighted by atomic mass is 28.3. The summed E-state index contributed by atoms with van der Waals surface area (Å²) in [5.41, 5.74) is 16.8. The molecule has 6 heteroatoms. The first-order valence-electron chi connectivity index (χ1n) is 24.3. The lowest BCUT2D eigenvalue weighted by Crippen LogP contribution is -2.75. The second kappa shape index (κ2) is 13.1. The van der Waals surface area contributed by atoms with Gasteiger partial charge in [0.15, 0.2) is 16.1 Å². The van der Waals surface area contributed by atoms with Crippen molar-refractivity contribution in [1.82, 2.24) is 19.1 Å². The highest BCUT2D eigenvalue weighted by molar-refractivity contribution is 7.24. The fourth-order valence-electron chi connectivity index (χ4n) is 14.1. The van der Waals surface area contributed by atoms with Crippen molar-refractivity contribution < 1.29 is 0 Å². The molecule has 0 radical (unpaired) electrons. The molecule has 70 heavy (non-hydrogen) atoms. The van der Waals surface area contributed by atoms with Crippen LogP contribution < -0.4 is 41.5 Å². The molecule has 4 aliphatic rings. The van der Waals surface area contributed by atoms with E-state index in [1.165, 1.54) is 119 Å². The summed E-state index contributed by atoms with van der Waals surface area (Å²) in [7, 11) is -5.49. The first-order chi connectivity index (χ1) is 34.7. The topological polar surface area (TPSA) is 35.6 Å². The van der Waals surface area contributed by atoms with Crippen LogP contribution in [0.3, 0.4) is 0 Å².